The Kier molecular flexibility index (Phi) is 488. The molecule has 0 N–H and O–H groups in total. The second kappa shape index (κ2) is 44.6. The van der Waals surface area contributed by atoms with Gasteiger partial charge in [0, 0.05) is 0 Å². The van der Waals surface area contributed by atoms with Gasteiger partial charge < -0.3 is 49.6 Å². The fourth-order valence-electron chi connectivity index (χ4n) is 0. The van der Waals surface area contributed by atoms with Gasteiger partial charge in [-0.25, -0.2) is 0 Å². The number of halogens is 4. The van der Waals surface area contributed by atoms with Gasteiger partial charge in [0.05, 0.1) is 0 Å². The molecule has 0 aromatic rings. The standard InChI is InChI=1S/4ClH.Hf.Zr/h4*1H;;/q;;;;2*+4/p-4. The van der Waals surface area contributed by atoms with Crippen molar-refractivity contribution in [3.05, 3.63) is 0 Å². The van der Waals surface area contributed by atoms with Gasteiger partial charge in [-0.15, -0.1) is 0 Å². The van der Waals surface area contributed by atoms with Crippen molar-refractivity contribution in [2.24, 2.45) is 0 Å². The van der Waals surface area contributed by atoms with E-state index in [2.05, 4.69) is 0 Å². The maximum atomic E-state index is 0. The Hall–Kier alpha value is 2.91. The fraction of sp³-hybridized carbons (Fsp3) is 0. The average molecular weight is 412 g/mol. The summed E-state index contributed by atoms with van der Waals surface area (Å²) in [5.41, 5.74) is 0. The molecule has 6 heteroatoms. The van der Waals surface area contributed by atoms with E-state index in [0.717, 1.165) is 0 Å². The van der Waals surface area contributed by atoms with Gasteiger partial charge in [0.2, 0.25) is 0 Å². The number of hydrogen-bond acceptors (Lipinski definition) is 0. The average Bonchev–Trinajstić information content (AvgIpc) is 0. The van der Waals surface area contributed by atoms with E-state index in [1.165, 1.54) is 0 Å². The summed E-state index contributed by atoms with van der Waals surface area (Å²) in [7, 11) is 0. The van der Waals surface area contributed by atoms with Crippen molar-refractivity contribution in [3.63, 3.8) is 0 Å². The molecule has 0 atom stereocenters. The summed E-state index contributed by atoms with van der Waals surface area (Å²) < 4.78 is 0. The van der Waals surface area contributed by atoms with Crippen LogP contribution in [0.25, 0.3) is 0 Å². The van der Waals surface area contributed by atoms with E-state index < -0.39 is 0 Å². The van der Waals surface area contributed by atoms with Crippen LogP contribution in [-0.4, -0.2) is 0 Å². The zero-order valence-electron chi connectivity index (χ0n) is 2.51. The van der Waals surface area contributed by atoms with Gasteiger partial charge in [-0.1, -0.05) is 0 Å². The topological polar surface area (TPSA) is 0 Å². The predicted octanol–water partition coefficient (Wildman–Crippen LogP) is -12.0. The summed E-state index contributed by atoms with van der Waals surface area (Å²) in [4.78, 5) is 0. The summed E-state index contributed by atoms with van der Waals surface area (Å²) >= 11 is 0. The summed E-state index contributed by atoms with van der Waals surface area (Å²) in [5.74, 6) is 0. The Morgan fingerprint density at radius 3 is 0.500 bits per heavy atom. The van der Waals surface area contributed by atoms with E-state index >= 15 is 0 Å². The van der Waals surface area contributed by atoms with Crippen molar-refractivity contribution in [3.8, 4) is 0 Å². The molecule has 0 aliphatic rings. The van der Waals surface area contributed by atoms with Gasteiger partial charge in [0.1, 0.15) is 0 Å². The maximum absolute atomic E-state index is 0. The molecular weight excluding hydrogens is 412 g/mol. The first-order valence-electron chi connectivity index (χ1n) is 0. The quantitative estimate of drug-likeness (QED) is 0.348. The Labute approximate surface area is 100 Å². The molecule has 0 unspecified atom stereocenters. The third-order valence-electron chi connectivity index (χ3n) is 0. The summed E-state index contributed by atoms with van der Waals surface area (Å²) in [6.45, 7) is 0. The predicted molar refractivity (Wildman–Crippen MR) is 0 cm³/mol. The van der Waals surface area contributed by atoms with E-state index in [1.807, 2.05) is 0 Å². The van der Waals surface area contributed by atoms with E-state index in [4.69, 9.17) is 0 Å². The molecule has 0 aliphatic carbocycles. The van der Waals surface area contributed by atoms with Gasteiger partial charge in [0.15, 0.2) is 0 Å². The van der Waals surface area contributed by atoms with E-state index in [1.54, 1.807) is 0 Å². The molecule has 0 aromatic heterocycles. The van der Waals surface area contributed by atoms with Crippen molar-refractivity contribution in [1.29, 1.82) is 0 Å². The molecule has 0 fully saturated rings. The van der Waals surface area contributed by atoms with Crippen LogP contribution in [0, 0.1) is 0 Å². The third kappa shape index (κ3) is 28.5. The molecular formula is Cl4HfZr+4. The molecule has 0 rings (SSSR count). The van der Waals surface area contributed by atoms with Crippen molar-refractivity contribution in [1.82, 2.24) is 0 Å². The van der Waals surface area contributed by atoms with Crippen molar-refractivity contribution in [2.75, 3.05) is 0 Å². The SMILES string of the molecule is [Cl-].[Cl-].[Cl-].[Cl-].[Hf+4].[Zr+4]. The summed E-state index contributed by atoms with van der Waals surface area (Å²) in [6, 6.07) is 0. The largest absolute Gasteiger partial charge is 4.00 e. The normalized spacial score (nSPS) is 0. The molecule has 0 saturated carbocycles. The Bertz CT molecular complexity index is 7.51. The van der Waals surface area contributed by atoms with E-state index in [0.29, 0.717) is 0 Å². The number of rotatable bonds is 0. The minimum atomic E-state index is 0. The van der Waals surface area contributed by atoms with Crippen molar-refractivity contribution >= 4 is 0 Å². The van der Waals surface area contributed by atoms with Crippen LogP contribution in [0.2, 0.25) is 0 Å². The van der Waals surface area contributed by atoms with Gasteiger partial charge >= 0.3 is 52.0 Å². The fourth-order valence-corrected chi connectivity index (χ4v) is 0. The first-order valence-corrected chi connectivity index (χ1v) is 0. The van der Waals surface area contributed by atoms with Crippen LogP contribution in [0.4, 0.5) is 0 Å². The molecule has 0 amide bonds. The second-order valence-corrected chi connectivity index (χ2v) is 0. The van der Waals surface area contributed by atoms with Crippen LogP contribution in [0.5, 0.6) is 0 Å². The molecule has 0 radical (unpaired) electrons. The van der Waals surface area contributed by atoms with E-state index in [-0.39, 0.29) is 102 Å². The van der Waals surface area contributed by atoms with Gasteiger partial charge in [-0.05, 0) is 0 Å². The first-order chi connectivity index (χ1) is 0. The zero-order chi connectivity index (χ0) is 0. The molecule has 0 aromatic carbocycles. The zero-order valence-corrected chi connectivity index (χ0v) is 11.6. The Morgan fingerprint density at radius 2 is 0.500 bits per heavy atom. The second-order valence-electron chi connectivity index (χ2n) is 0. The Balaban J connectivity index is 0. The van der Waals surface area contributed by atoms with Crippen LogP contribution in [0.1, 0.15) is 0 Å². The summed E-state index contributed by atoms with van der Waals surface area (Å²) in [6.07, 6.45) is 0. The van der Waals surface area contributed by atoms with Crippen molar-refractivity contribution < 1.29 is 102 Å². The Morgan fingerprint density at radius 1 is 0.500 bits per heavy atom. The number of hydrogen-bond donors (Lipinski definition) is 0. The molecule has 0 aliphatic heterocycles. The van der Waals surface area contributed by atoms with Crippen molar-refractivity contribution in [2.45, 2.75) is 0 Å². The van der Waals surface area contributed by atoms with Crippen LogP contribution in [0.3, 0.4) is 0 Å². The van der Waals surface area contributed by atoms with Gasteiger partial charge in [-0.2, -0.15) is 0 Å². The molecule has 0 bridgehead atoms. The minimum absolute atomic E-state index is 0. The van der Waals surface area contributed by atoms with Crippen LogP contribution < -0.4 is 49.6 Å². The molecule has 6 heavy (non-hydrogen) atoms. The van der Waals surface area contributed by atoms with Gasteiger partial charge in [0.25, 0.3) is 0 Å². The molecule has 0 saturated heterocycles. The smallest absolute Gasteiger partial charge is 1.00 e. The summed E-state index contributed by atoms with van der Waals surface area (Å²) in [5, 5.41) is 0. The van der Waals surface area contributed by atoms with Crippen LogP contribution in [-0.2, 0) is 52.0 Å². The maximum Gasteiger partial charge on any atom is 4.00 e. The third-order valence-corrected chi connectivity index (χ3v) is 0. The van der Waals surface area contributed by atoms with Crippen LogP contribution >= 0.6 is 0 Å². The molecule has 0 spiro atoms. The van der Waals surface area contributed by atoms with E-state index in [9.17, 15) is 0 Å². The first kappa shape index (κ1) is 65.8. The van der Waals surface area contributed by atoms with Crippen LogP contribution in [0.15, 0.2) is 0 Å². The monoisotopic (exact) mass is 410 g/mol. The molecule has 0 nitrogen and oxygen atoms in total. The van der Waals surface area contributed by atoms with Gasteiger partial charge in [-0.3, -0.25) is 0 Å². The molecule has 0 heterocycles. The minimum Gasteiger partial charge on any atom is -1.00 e. The molecule has 32 valence electrons.